The maximum absolute atomic E-state index is 13.9. The number of hydrogen-bond donors (Lipinski definition) is 3. The van der Waals surface area contributed by atoms with E-state index in [-0.39, 0.29) is 24.2 Å². The number of likely N-dealkylation sites (tertiary alicyclic amines) is 1. The lowest BCUT2D eigenvalue weighted by molar-refractivity contribution is -0.131. The van der Waals surface area contributed by atoms with Crippen LogP contribution in [0.4, 0.5) is 10.1 Å². The molecule has 32 heavy (non-hydrogen) atoms. The molecule has 3 aromatic rings. The van der Waals surface area contributed by atoms with Gasteiger partial charge in [0.15, 0.2) is 5.69 Å². The number of nitrogens with zero attached hydrogens (tertiary/aromatic N) is 2. The number of anilines is 1. The van der Waals surface area contributed by atoms with E-state index in [9.17, 15) is 14.0 Å². The third-order valence-electron chi connectivity index (χ3n) is 5.46. The second-order valence-electron chi connectivity index (χ2n) is 7.61. The number of H-pyrrole nitrogens is 1. The molecule has 2 amide bonds. The van der Waals surface area contributed by atoms with Crippen LogP contribution in [0.2, 0.25) is 5.02 Å². The summed E-state index contributed by atoms with van der Waals surface area (Å²) >= 11 is 6.19. The van der Waals surface area contributed by atoms with Crippen molar-refractivity contribution in [2.75, 3.05) is 25.0 Å². The zero-order valence-corrected chi connectivity index (χ0v) is 18.0. The van der Waals surface area contributed by atoms with E-state index >= 15 is 0 Å². The fourth-order valence-electron chi connectivity index (χ4n) is 3.69. The number of carbonyl (C=O) groups is 2. The number of aromatic nitrogens is 2. The Morgan fingerprint density at radius 1 is 1.12 bits per heavy atom. The Balaban J connectivity index is 1.25. The Morgan fingerprint density at radius 3 is 2.59 bits per heavy atom. The van der Waals surface area contributed by atoms with Gasteiger partial charge in [-0.15, -0.1) is 0 Å². The number of rotatable bonds is 6. The molecule has 2 heterocycles. The van der Waals surface area contributed by atoms with Crippen molar-refractivity contribution in [1.29, 1.82) is 0 Å². The minimum absolute atomic E-state index is 0.0960. The molecule has 9 heteroatoms. The molecule has 0 unspecified atom stereocenters. The summed E-state index contributed by atoms with van der Waals surface area (Å²) in [5.74, 6) is -1.06. The van der Waals surface area contributed by atoms with E-state index in [0.717, 1.165) is 18.5 Å². The molecule has 1 aliphatic rings. The Labute approximate surface area is 190 Å². The van der Waals surface area contributed by atoms with Crippen LogP contribution in [0, 0.1) is 5.82 Å². The normalized spacial score (nSPS) is 14.2. The predicted molar refractivity (Wildman–Crippen MR) is 121 cm³/mol. The van der Waals surface area contributed by atoms with Crippen LogP contribution in [0.5, 0.6) is 0 Å². The lowest BCUT2D eigenvalue weighted by Gasteiger charge is -2.33. The molecule has 1 aliphatic heterocycles. The van der Waals surface area contributed by atoms with Crippen LogP contribution in [0.1, 0.15) is 23.3 Å². The number of para-hydroxylation sites is 1. The summed E-state index contributed by atoms with van der Waals surface area (Å²) in [6, 6.07) is 15.5. The Bertz CT molecular complexity index is 1110. The van der Waals surface area contributed by atoms with Crippen molar-refractivity contribution < 1.29 is 14.0 Å². The van der Waals surface area contributed by atoms with E-state index < -0.39 is 11.7 Å². The molecule has 0 aliphatic carbocycles. The van der Waals surface area contributed by atoms with Crippen LogP contribution >= 0.6 is 11.6 Å². The molecule has 0 spiro atoms. The van der Waals surface area contributed by atoms with E-state index in [1.807, 2.05) is 24.3 Å². The van der Waals surface area contributed by atoms with Gasteiger partial charge in [0.25, 0.3) is 5.91 Å². The second kappa shape index (κ2) is 9.82. The molecule has 2 aromatic carbocycles. The first kappa shape index (κ1) is 21.8. The first-order chi connectivity index (χ1) is 15.5. The van der Waals surface area contributed by atoms with Gasteiger partial charge in [-0.1, -0.05) is 35.9 Å². The average Bonchev–Trinajstić information content (AvgIpc) is 3.30. The monoisotopic (exact) mass is 455 g/mol. The van der Waals surface area contributed by atoms with Crippen LogP contribution in [-0.2, 0) is 4.79 Å². The number of piperidine rings is 1. The molecule has 166 valence electrons. The lowest BCUT2D eigenvalue weighted by atomic mass is 10.0. The highest BCUT2D eigenvalue weighted by molar-refractivity contribution is 6.33. The van der Waals surface area contributed by atoms with Crippen LogP contribution in [-0.4, -0.2) is 52.6 Å². The summed E-state index contributed by atoms with van der Waals surface area (Å²) in [7, 11) is 0. The highest BCUT2D eigenvalue weighted by Gasteiger charge is 2.24. The highest BCUT2D eigenvalue weighted by Crippen LogP contribution is 2.24. The first-order valence-corrected chi connectivity index (χ1v) is 10.8. The number of nitrogens with one attached hydrogen (secondary N) is 3. The molecule has 4 rings (SSSR count). The molecule has 0 saturated carbocycles. The van der Waals surface area contributed by atoms with Gasteiger partial charge in [0.2, 0.25) is 5.91 Å². The van der Waals surface area contributed by atoms with E-state index in [1.165, 1.54) is 12.1 Å². The van der Waals surface area contributed by atoms with Crippen molar-refractivity contribution in [3.63, 3.8) is 0 Å². The highest BCUT2D eigenvalue weighted by atomic mass is 35.5. The summed E-state index contributed by atoms with van der Waals surface area (Å²) in [6.45, 7) is 1.07. The molecule has 0 bridgehead atoms. The summed E-state index contributed by atoms with van der Waals surface area (Å²) in [4.78, 5) is 26.6. The predicted octanol–water partition coefficient (Wildman–Crippen LogP) is 3.70. The smallest absolute Gasteiger partial charge is 0.272 e. The van der Waals surface area contributed by atoms with Crippen molar-refractivity contribution >= 4 is 29.1 Å². The van der Waals surface area contributed by atoms with Crippen molar-refractivity contribution in [3.05, 3.63) is 71.1 Å². The largest absolute Gasteiger partial charge is 0.381 e. The van der Waals surface area contributed by atoms with Gasteiger partial charge >= 0.3 is 0 Å². The van der Waals surface area contributed by atoms with Crippen LogP contribution in [0.15, 0.2) is 54.6 Å². The third kappa shape index (κ3) is 5.08. The third-order valence-corrected chi connectivity index (χ3v) is 5.79. The molecule has 7 nitrogen and oxygen atoms in total. The number of amides is 2. The molecule has 0 atom stereocenters. The number of halogens is 2. The zero-order valence-electron chi connectivity index (χ0n) is 17.3. The van der Waals surface area contributed by atoms with Gasteiger partial charge in [-0.25, -0.2) is 4.39 Å². The summed E-state index contributed by atoms with van der Waals surface area (Å²) in [6.07, 6.45) is 1.58. The van der Waals surface area contributed by atoms with E-state index in [2.05, 4.69) is 20.8 Å². The minimum atomic E-state index is -0.493. The molecular formula is C23H23ClFN5O2. The number of carbonyl (C=O) groups excluding carboxylic acids is 2. The van der Waals surface area contributed by atoms with Gasteiger partial charge in [-0.3, -0.25) is 14.7 Å². The molecule has 1 aromatic heterocycles. The summed E-state index contributed by atoms with van der Waals surface area (Å²) in [5, 5.41) is 13.3. The number of aromatic amines is 1. The Hall–Kier alpha value is -3.39. The average molecular weight is 456 g/mol. The van der Waals surface area contributed by atoms with E-state index in [1.54, 1.807) is 23.1 Å². The van der Waals surface area contributed by atoms with Crippen LogP contribution in [0.25, 0.3) is 11.3 Å². The standard InChI is InChI=1S/C23H23ClFN5O2/c24-17-6-2-4-8-19(17)27-15-9-11-30(12-10-15)22(31)14-26-23(32)21-13-20(28-29-21)16-5-1-3-7-18(16)25/h1-8,13,15,27H,9-12,14H2,(H,26,32)(H,28,29). The lowest BCUT2D eigenvalue weighted by Crippen LogP contribution is -2.46. The van der Waals surface area contributed by atoms with Crippen molar-refractivity contribution in [2.45, 2.75) is 18.9 Å². The van der Waals surface area contributed by atoms with Crippen LogP contribution < -0.4 is 10.6 Å². The minimum Gasteiger partial charge on any atom is -0.381 e. The Morgan fingerprint density at radius 2 is 1.84 bits per heavy atom. The topological polar surface area (TPSA) is 90.1 Å². The molecule has 1 fully saturated rings. The van der Waals surface area contributed by atoms with Gasteiger partial charge in [-0.2, -0.15) is 5.10 Å². The second-order valence-corrected chi connectivity index (χ2v) is 8.02. The van der Waals surface area contributed by atoms with Crippen molar-refractivity contribution in [1.82, 2.24) is 20.4 Å². The van der Waals surface area contributed by atoms with Crippen LogP contribution in [0.3, 0.4) is 0 Å². The quantitative estimate of drug-likeness (QED) is 0.528. The van der Waals surface area contributed by atoms with Gasteiger partial charge < -0.3 is 15.5 Å². The Kier molecular flexibility index (Phi) is 6.70. The number of hydrogen-bond acceptors (Lipinski definition) is 4. The maximum Gasteiger partial charge on any atom is 0.272 e. The van der Waals surface area contributed by atoms with Crippen molar-refractivity contribution in [3.8, 4) is 11.3 Å². The summed E-state index contributed by atoms with van der Waals surface area (Å²) in [5.41, 5.74) is 1.70. The van der Waals surface area contributed by atoms with Gasteiger partial charge in [0.05, 0.1) is 22.9 Å². The summed E-state index contributed by atoms with van der Waals surface area (Å²) < 4.78 is 13.9. The van der Waals surface area contributed by atoms with Gasteiger partial charge in [0.1, 0.15) is 5.82 Å². The van der Waals surface area contributed by atoms with Crippen molar-refractivity contribution in [2.24, 2.45) is 0 Å². The maximum atomic E-state index is 13.9. The van der Waals surface area contributed by atoms with E-state index in [0.29, 0.717) is 29.4 Å². The first-order valence-electron chi connectivity index (χ1n) is 10.4. The van der Waals surface area contributed by atoms with Gasteiger partial charge in [-0.05, 0) is 43.2 Å². The fraction of sp³-hybridized carbons (Fsp3) is 0.261. The molecule has 3 N–H and O–H groups in total. The molecule has 1 saturated heterocycles. The van der Waals surface area contributed by atoms with E-state index in [4.69, 9.17) is 11.6 Å². The number of benzene rings is 2. The molecule has 0 radical (unpaired) electrons. The zero-order chi connectivity index (χ0) is 22.5. The SMILES string of the molecule is O=C(NCC(=O)N1CCC(Nc2ccccc2Cl)CC1)c1cc(-c2ccccc2F)[nH]n1. The van der Waals surface area contributed by atoms with Gasteiger partial charge in [0, 0.05) is 24.7 Å². The molecular weight excluding hydrogens is 433 g/mol. The fourth-order valence-corrected chi connectivity index (χ4v) is 3.88.